The van der Waals surface area contributed by atoms with Gasteiger partial charge in [-0.05, 0) is 51.0 Å². The second-order valence-corrected chi connectivity index (χ2v) is 16.2. The van der Waals surface area contributed by atoms with E-state index in [0.717, 1.165) is 12.2 Å². The quantitative estimate of drug-likeness (QED) is 0.0722. The number of methoxy groups -OCH3 is 2. The molecule has 4 rings (SSSR count). The van der Waals surface area contributed by atoms with Crippen LogP contribution in [-0.2, 0) is 66.7 Å². The maximum atomic E-state index is 13.5. The summed E-state index contributed by atoms with van der Waals surface area (Å²) in [5, 5.41) is 6.66. The minimum Gasteiger partial charge on any atom is -0.466 e. The van der Waals surface area contributed by atoms with Gasteiger partial charge in [0, 0.05) is 36.6 Å². The summed E-state index contributed by atoms with van der Waals surface area (Å²) in [6, 6.07) is 9.59. The predicted octanol–water partition coefficient (Wildman–Crippen LogP) is 4.41. The fraction of sp³-hybridized carbons (Fsp3) is 0.391. The smallest absolute Gasteiger partial charge is 0.336 e. The number of dihydropyridines is 2. The molecule has 19 nitrogen and oxygen atoms in total. The largest absolute Gasteiger partial charge is 0.466 e. The van der Waals surface area contributed by atoms with E-state index in [-0.39, 0.29) is 112 Å². The van der Waals surface area contributed by atoms with E-state index in [9.17, 15) is 28.8 Å². The molecule has 0 aromatic heterocycles. The summed E-state index contributed by atoms with van der Waals surface area (Å²) in [5.41, 5.74) is 13.7. The third-order valence-electron chi connectivity index (χ3n) is 10.2. The number of allylic oxidation sites excluding steroid dienone is 2. The van der Waals surface area contributed by atoms with Gasteiger partial charge in [-0.3, -0.25) is 0 Å². The van der Waals surface area contributed by atoms with Gasteiger partial charge >= 0.3 is 35.8 Å². The van der Waals surface area contributed by atoms with Crippen LogP contribution in [0, 0.1) is 0 Å². The van der Waals surface area contributed by atoms with Crippen molar-refractivity contribution >= 4 is 82.2 Å². The van der Waals surface area contributed by atoms with E-state index in [0.29, 0.717) is 22.5 Å². The molecule has 23 heteroatoms. The number of benzene rings is 2. The zero-order chi connectivity index (χ0) is 50.2. The van der Waals surface area contributed by atoms with Gasteiger partial charge in [-0.2, -0.15) is 0 Å². The van der Waals surface area contributed by atoms with E-state index >= 15 is 0 Å². The first-order valence-electron chi connectivity index (χ1n) is 20.9. The van der Waals surface area contributed by atoms with Crippen LogP contribution in [0.1, 0.15) is 50.7 Å². The second-order valence-electron chi connectivity index (χ2n) is 14.6. The van der Waals surface area contributed by atoms with Crippen LogP contribution in [0.25, 0.3) is 0 Å². The van der Waals surface area contributed by atoms with Crippen LogP contribution in [0.3, 0.4) is 0 Å². The third-order valence-corrected chi connectivity index (χ3v) is 11.9. The topological polar surface area (TPSA) is 284 Å². The SMILES string of the molecule is CCOC(=O)C1=C(COCC(CN)OC(=O)/C=C/C(=O)OC(CN)COCC2=C(C(=O)OCC)C(c3cccc(Cl)c3Cl)C(C(=O)OC)=C(C)N2)NC(C)=C(C(=O)OC)C1c1cccc(Cl)c1Cl.O. The van der Waals surface area contributed by atoms with Crippen molar-refractivity contribution in [2.45, 2.75) is 51.7 Å². The fourth-order valence-corrected chi connectivity index (χ4v) is 8.05. The Balaban J connectivity index is 0.0000126. The molecule has 0 amide bonds. The molecule has 0 spiro atoms. The normalized spacial score (nSPS) is 16.8. The van der Waals surface area contributed by atoms with E-state index in [4.69, 9.17) is 95.8 Å². The standard InChI is InChI=1S/C46H52Cl4N4O14.H2O/c1-7-65-45(59)39-31(53-23(3)35(43(57)61-5)37(39)27-11-9-13-29(47)41(27)49)21-63-19-25(17-51)67-33(55)15-16-34(56)68-26(18-52)20-64-22-32-40(46(60)66-8-2)38(28-12-10-14-30(48)42(28)50)36(24(4)54-32)44(58)62-6;/h9-16,25-26,37-38,53-54H,7-8,17-22,51-52H2,1-6H3;1H2/b16-15+;. The highest BCUT2D eigenvalue weighted by Gasteiger charge is 2.42. The predicted molar refractivity (Wildman–Crippen MR) is 254 cm³/mol. The number of halogens is 4. The molecule has 0 fully saturated rings. The average Bonchev–Trinajstić information content (AvgIpc) is 3.31. The molecule has 376 valence electrons. The van der Waals surface area contributed by atoms with E-state index in [2.05, 4.69) is 10.6 Å². The van der Waals surface area contributed by atoms with Crippen LogP contribution < -0.4 is 22.1 Å². The lowest BCUT2D eigenvalue weighted by Crippen LogP contribution is -2.36. The van der Waals surface area contributed by atoms with Crippen molar-refractivity contribution in [2.75, 3.05) is 67.0 Å². The Morgan fingerprint density at radius 3 is 1.29 bits per heavy atom. The van der Waals surface area contributed by atoms with Crippen LogP contribution in [0.15, 0.2) is 93.6 Å². The number of nitrogens with one attached hydrogen (secondary N) is 2. The lowest BCUT2D eigenvalue weighted by atomic mass is 9.80. The minimum absolute atomic E-state index is 0. The molecule has 0 radical (unpaired) electrons. The maximum absolute atomic E-state index is 13.5. The molecule has 2 aromatic carbocycles. The van der Waals surface area contributed by atoms with Crippen molar-refractivity contribution in [3.8, 4) is 0 Å². The highest BCUT2D eigenvalue weighted by Crippen LogP contribution is 2.45. The Hall–Kier alpha value is -5.48. The molecule has 2 aliphatic heterocycles. The van der Waals surface area contributed by atoms with Gasteiger partial charge in [-0.25, -0.2) is 28.8 Å². The summed E-state index contributed by atoms with van der Waals surface area (Å²) in [7, 11) is 2.40. The third kappa shape index (κ3) is 14.5. The monoisotopic (exact) mass is 1040 g/mol. The molecular weight excluding hydrogens is 990 g/mol. The number of carbonyl (C=O) groups excluding carboxylic acids is 6. The van der Waals surface area contributed by atoms with Gasteiger partial charge in [0.1, 0.15) is 12.2 Å². The molecule has 0 aliphatic carbocycles. The van der Waals surface area contributed by atoms with Crippen LogP contribution in [0.2, 0.25) is 20.1 Å². The van der Waals surface area contributed by atoms with Gasteiger partial charge in [0.15, 0.2) is 0 Å². The van der Waals surface area contributed by atoms with Crippen molar-refractivity contribution in [3.63, 3.8) is 0 Å². The second kappa shape index (κ2) is 27.6. The summed E-state index contributed by atoms with van der Waals surface area (Å²) >= 11 is 25.9. The Kier molecular flexibility index (Phi) is 23.2. The maximum Gasteiger partial charge on any atom is 0.336 e. The summed E-state index contributed by atoms with van der Waals surface area (Å²) < 4.78 is 43.4. The van der Waals surface area contributed by atoms with Crippen LogP contribution in [0.5, 0.6) is 0 Å². The number of esters is 6. The summed E-state index contributed by atoms with van der Waals surface area (Å²) in [6.45, 7) is 5.00. The van der Waals surface area contributed by atoms with Crippen molar-refractivity contribution in [3.05, 3.63) is 125 Å². The molecule has 2 aliphatic rings. The van der Waals surface area contributed by atoms with Gasteiger partial charge < -0.3 is 65.5 Å². The Morgan fingerprint density at radius 1 is 0.609 bits per heavy atom. The fourth-order valence-electron chi connectivity index (χ4n) is 7.22. The van der Waals surface area contributed by atoms with Crippen LogP contribution in [0.4, 0.5) is 0 Å². The average molecular weight is 1040 g/mol. The van der Waals surface area contributed by atoms with Gasteiger partial charge in [0.2, 0.25) is 0 Å². The zero-order valence-corrected chi connectivity index (χ0v) is 41.5. The number of hydrogen-bond acceptors (Lipinski definition) is 18. The Labute approximate surface area is 418 Å². The van der Waals surface area contributed by atoms with Crippen LogP contribution >= 0.6 is 46.4 Å². The van der Waals surface area contributed by atoms with Crippen molar-refractivity contribution < 1.29 is 72.1 Å². The summed E-state index contributed by atoms with van der Waals surface area (Å²) in [5.74, 6) is -7.07. The van der Waals surface area contributed by atoms with Crippen LogP contribution in [-0.4, -0.2) is 120 Å². The van der Waals surface area contributed by atoms with E-state index in [1.54, 1.807) is 64.1 Å². The number of rotatable bonds is 22. The van der Waals surface area contributed by atoms with Crippen molar-refractivity contribution in [2.24, 2.45) is 11.5 Å². The first kappa shape index (κ1) is 57.8. The van der Waals surface area contributed by atoms with Gasteiger partial charge in [-0.15, -0.1) is 0 Å². The molecule has 8 N–H and O–H groups in total. The summed E-state index contributed by atoms with van der Waals surface area (Å²) in [4.78, 5) is 78.9. The Bertz CT molecular complexity index is 2260. The highest BCUT2D eigenvalue weighted by atomic mass is 35.5. The van der Waals surface area contributed by atoms with Crippen molar-refractivity contribution in [1.82, 2.24) is 10.6 Å². The molecule has 69 heavy (non-hydrogen) atoms. The molecule has 4 atom stereocenters. The molecule has 0 bridgehead atoms. The molecule has 2 heterocycles. The molecular formula is C46H54Cl4N4O15. The highest BCUT2D eigenvalue weighted by molar-refractivity contribution is 6.43. The van der Waals surface area contributed by atoms with Gasteiger partial charge in [0.05, 0.1) is 119 Å². The lowest BCUT2D eigenvalue weighted by molar-refractivity contribution is -0.148. The summed E-state index contributed by atoms with van der Waals surface area (Å²) in [6.07, 6.45) is -0.406. The number of nitrogens with two attached hydrogens (primary N) is 2. The number of ether oxygens (including phenoxy) is 8. The molecule has 0 saturated heterocycles. The van der Waals surface area contributed by atoms with E-state index in [1.807, 2.05) is 0 Å². The minimum atomic E-state index is -1.07. The van der Waals surface area contributed by atoms with E-state index in [1.165, 1.54) is 14.2 Å². The van der Waals surface area contributed by atoms with Gasteiger partial charge in [0.25, 0.3) is 0 Å². The number of hydrogen-bond donors (Lipinski definition) is 4. The van der Waals surface area contributed by atoms with Gasteiger partial charge in [-0.1, -0.05) is 70.7 Å². The first-order valence-corrected chi connectivity index (χ1v) is 22.4. The lowest BCUT2D eigenvalue weighted by Gasteiger charge is -2.32. The zero-order valence-electron chi connectivity index (χ0n) is 38.5. The Morgan fingerprint density at radius 2 is 0.971 bits per heavy atom. The first-order chi connectivity index (χ1) is 32.5. The van der Waals surface area contributed by atoms with E-state index < -0.39 is 59.9 Å². The molecule has 2 aromatic rings. The molecule has 0 saturated carbocycles. The number of carbonyl (C=O) groups is 6. The molecule has 4 unspecified atom stereocenters. The van der Waals surface area contributed by atoms with Crippen molar-refractivity contribution in [1.29, 1.82) is 0 Å².